The van der Waals surface area contributed by atoms with Gasteiger partial charge in [-0.3, -0.25) is 0 Å². The molecule has 25 rings (SSSR count). The van der Waals surface area contributed by atoms with Crippen LogP contribution in [0.15, 0.2) is 400 Å². The molecular weight excluding hydrogens is 1510 g/mol. The van der Waals surface area contributed by atoms with Gasteiger partial charge in [0.15, 0.2) is 17.5 Å². The molecule has 0 aliphatic heterocycles. The number of para-hydroxylation sites is 3. The van der Waals surface area contributed by atoms with Gasteiger partial charge >= 0.3 is 0 Å². The predicted molar refractivity (Wildman–Crippen MR) is 522 cm³/mol. The molecule has 0 fully saturated rings. The van der Waals surface area contributed by atoms with Crippen molar-refractivity contribution >= 4 is 86.6 Å². The smallest absolute Gasteiger partial charge is 0.160 e. The van der Waals surface area contributed by atoms with E-state index in [2.05, 4.69) is 418 Å². The van der Waals surface area contributed by atoms with Crippen LogP contribution in [0.1, 0.15) is 74.9 Å². The number of nitrogens with zero attached hydrogens (tertiary/aromatic N) is 6. The molecule has 3 heterocycles. The first kappa shape index (κ1) is 74.5. The molecule has 0 amide bonds. The number of benzene rings is 19. The Morgan fingerprint density at radius 2 is 0.416 bits per heavy atom. The summed E-state index contributed by atoms with van der Waals surface area (Å²) in [5.41, 5.74) is 32.7. The first-order chi connectivity index (χ1) is 61.2. The lowest BCUT2D eigenvalue weighted by Crippen LogP contribution is -2.15. The number of fused-ring (bicyclic) bond motifs is 20. The number of hydrogen-bond acceptors (Lipinski definition) is 6. The standard InChI is InChI=1S/C46H34N2.C38H24N2.C35H26N2/c1-45(2)38-25-31(17-19-33(38)36-21-27-11-5-7-13-29(27)23-40(36)45)43-35-15-9-10-16-42(35)47-44(48-43)32-18-20-34-37-22-28-12-6-8-14-30(28)24-41(37)46(3,4)39(34)26-32;1-2-10-25(11-3-1)26-18-20-27(21-19-26)38-39-36-17-9-8-16-34(36)37(40-38)28-22-23-33-31-14-5-4-12-29(31)30-13-6-7-15-32(30)35(33)24-28;1-35(2)30-14-8-6-12-27(30)28-21-20-26(22-31(28)35)33-29-13-7-9-15-32(29)36-34(37-33)25-18-16-24(17-19-25)23-10-4-3-5-11-23/h5-26H,1-4H3;1-24H;3-22H,1-2H3. The molecule has 19 aromatic carbocycles. The Morgan fingerprint density at radius 1 is 0.152 bits per heavy atom. The summed E-state index contributed by atoms with van der Waals surface area (Å²) in [6.45, 7) is 14.0. The van der Waals surface area contributed by atoms with Crippen molar-refractivity contribution in [3.63, 3.8) is 0 Å². The van der Waals surface area contributed by atoms with Gasteiger partial charge in [-0.1, -0.05) is 375 Å². The van der Waals surface area contributed by atoms with E-state index in [1.807, 2.05) is 24.3 Å². The molecule has 590 valence electrons. The van der Waals surface area contributed by atoms with E-state index in [9.17, 15) is 0 Å². The Morgan fingerprint density at radius 3 is 0.848 bits per heavy atom. The third-order valence-electron chi connectivity index (χ3n) is 26.8. The predicted octanol–water partition coefficient (Wildman–Crippen LogP) is 30.9. The number of hydrogen-bond donors (Lipinski definition) is 0. The Balaban J connectivity index is 0.000000109. The lowest BCUT2D eigenvalue weighted by atomic mass is 9.81. The minimum Gasteiger partial charge on any atom is -0.228 e. The molecular formula is C119H84N6. The van der Waals surface area contributed by atoms with Crippen LogP contribution in [-0.2, 0) is 16.2 Å². The highest BCUT2D eigenvalue weighted by Crippen LogP contribution is 2.55. The molecule has 0 spiro atoms. The highest BCUT2D eigenvalue weighted by molar-refractivity contribution is 6.26. The van der Waals surface area contributed by atoms with Gasteiger partial charge in [-0.25, -0.2) is 29.9 Å². The molecule has 0 N–H and O–H groups in total. The Bertz CT molecular complexity index is 8130. The van der Waals surface area contributed by atoms with E-state index in [0.29, 0.717) is 0 Å². The normalized spacial score (nSPS) is 13.4. The average molecular weight is 1600 g/mol. The molecule has 0 saturated carbocycles. The van der Waals surface area contributed by atoms with Crippen LogP contribution in [0, 0.1) is 0 Å². The monoisotopic (exact) mass is 1600 g/mol. The van der Waals surface area contributed by atoms with Gasteiger partial charge < -0.3 is 0 Å². The van der Waals surface area contributed by atoms with Crippen LogP contribution in [0.2, 0.25) is 0 Å². The molecule has 0 bridgehead atoms. The van der Waals surface area contributed by atoms with Gasteiger partial charge in [0, 0.05) is 65.8 Å². The molecule has 125 heavy (non-hydrogen) atoms. The van der Waals surface area contributed by atoms with Crippen molar-refractivity contribution in [2.24, 2.45) is 0 Å². The molecule has 3 aromatic heterocycles. The molecule has 6 nitrogen and oxygen atoms in total. The fourth-order valence-electron chi connectivity index (χ4n) is 20.2. The first-order valence-electron chi connectivity index (χ1n) is 43.3. The van der Waals surface area contributed by atoms with Gasteiger partial charge in [0.1, 0.15) is 0 Å². The van der Waals surface area contributed by atoms with E-state index in [-0.39, 0.29) is 16.2 Å². The quantitative estimate of drug-likeness (QED) is 0.141. The van der Waals surface area contributed by atoms with Gasteiger partial charge in [-0.2, -0.15) is 0 Å². The van der Waals surface area contributed by atoms with Crippen LogP contribution in [-0.4, -0.2) is 29.9 Å². The molecule has 0 unspecified atom stereocenters. The second-order valence-corrected chi connectivity index (χ2v) is 35.2. The van der Waals surface area contributed by atoms with Crippen LogP contribution < -0.4 is 0 Å². The minimum atomic E-state index is -0.129. The largest absolute Gasteiger partial charge is 0.228 e. The van der Waals surface area contributed by atoms with Gasteiger partial charge in [-0.05, 0) is 210 Å². The minimum absolute atomic E-state index is 0.0547. The van der Waals surface area contributed by atoms with Crippen molar-refractivity contribution in [2.75, 3.05) is 0 Å². The van der Waals surface area contributed by atoms with Crippen molar-refractivity contribution in [3.8, 4) is 124 Å². The second kappa shape index (κ2) is 29.4. The lowest BCUT2D eigenvalue weighted by molar-refractivity contribution is 0.660. The maximum atomic E-state index is 5.36. The zero-order valence-electron chi connectivity index (χ0n) is 70.3. The molecule has 3 aliphatic carbocycles. The summed E-state index contributed by atoms with van der Waals surface area (Å²) in [5.74, 6) is 2.24. The van der Waals surface area contributed by atoms with Gasteiger partial charge in [0.2, 0.25) is 0 Å². The van der Waals surface area contributed by atoms with E-state index in [0.717, 1.165) is 101 Å². The van der Waals surface area contributed by atoms with Gasteiger partial charge in [-0.15, -0.1) is 0 Å². The van der Waals surface area contributed by atoms with Crippen LogP contribution in [0.5, 0.6) is 0 Å². The SMILES string of the molecule is CC1(C)c2cc(-c3nc(-c4ccc5c(c4)C(C)(C)c4cc6ccccc6cc4-5)c4ccccc4n3)ccc2-c2cc3ccccc3cc21.CC1(C)c2ccccc2-c2ccc(-c3nc(-c4ccc(-c5ccccc5)cc4)nc4ccccc34)cc21.c1ccc(-c2ccc(-c3nc(-c4ccc5c6ccccc6c6ccccc6c5c4)c4ccccc4n3)cc2)cc1. The van der Waals surface area contributed by atoms with Crippen LogP contribution in [0.25, 0.3) is 210 Å². The highest BCUT2D eigenvalue weighted by atomic mass is 14.9. The van der Waals surface area contributed by atoms with E-state index in [1.54, 1.807) is 0 Å². The Hall–Kier alpha value is -15.5. The highest BCUT2D eigenvalue weighted by Gasteiger charge is 2.39. The summed E-state index contributed by atoms with van der Waals surface area (Å²) in [6.07, 6.45) is 0. The number of aromatic nitrogens is 6. The molecule has 6 heteroatoms. The Kier molecular flexibility index (Phi) is 17.5. The molecule has 0 saturated heterocycles. The molecule has 3 aliphatic rings. The topological polar surface area (TPSA) is 77.3 Å². The van der Waals surface area contributed by atoms with Crippen molar-refractivity contribution in [1.29, 1.82) is 0 Å². The summed E-state index contributed by atoms with van der Waals surface area (Å²) in [6, 6.07) is 143. The maximum Gasteiger partial charge on any atom is 0.160 e. The van der Waals surface area contributed by atoms with E-state index in [1.165, 1.54) is 143 Å². The summed E-state index contributed by atoms with van der Waals surface area (Å²) in [5, 5.41) is 15.9. The first-order valence-corrected chi connectivity index (χ1v) is 43.3. The summed E-state index contributed by atoms with van der Waals surface area (Å²) in [4.78, 5) is 30.8. The van der Waals surface area contributed by atoms with E-state index >= 15 is 0 Å². The zero-order valence-corrected chi connectivity index (χ0v) is 70.3. The Labute approximate surface area is 726 Å². The summed E-state index contributed by atoms with van der Waals surface area (Å²) < 4.78 is 0. The third kappa shape index (κ3) is 12.6. The van der Waals surface area contributed by atoms with Crippen LogP contribution >= 0.6 is 0 Å². The lowest BCUT2D eigenvalue weighted by Gasteiger charge is -2.23. The average Bonchev–Trinajstić information content (AvgIpc) is 1.58. The fraction of sp³-hybridized carbons (Fsp3) is 0.0756. The van der Waals surface area contributed by atoms with Crippen molar-refractivity contribution in [1.82, 2.24) is 29.9 Å². The molecule has 0 radical (unpaired) electrons. The third-order valence-corrected chi connectivity index (χ3v) is 26.8. The van der Waals surface area contributed by atoms with Crippen molar-refractivity contribution in [2.45, 2.75) is 57.8 Å². The van der Waals surface area contributed by atoms with Crippen LogP contribution in [0.4, 0.5) is 0 Å². The van der Waals surface area contributed by atoms with Gasteiger partial charge in [0.25, 0.3) is 0 Å². The van der Waals surface area contributed by atoms with Crippen LogP contribution in [0.3, 0.4) is 0 Å². The maximum absolute atomic E-state index is 5.36. The summed E-state index contributed by atoms with van der Waals surface area (Å²) in [7, 11) is 0. The van der Waals surface area contributed by atoms with E-state index < -0.39 is 0 Å². The van der Waals surface area contributed by atoms with Gasteiger partial charge in [0.05, 0.1) is 33.6 Å². The van der Waals surface area contributed by atoms with Crippen molar-refractivity contribution < 1.29 is 0 Å². The van der Waals surface area contributed by atoms with E-state index in [4.69, 9.17) is 29.9 Å². The molecule has 0 atom stereocenters. The second-order valence-electron chi connectivity index (χ2n) is 35.2. The summed E-state index contributed by atoms with van der Waals surface area (Å²) >= 11 is 0. The fourth-order valence-corrected chi connectivity index (χ4v) is 20.2. The zero-order chi connectivity index (χ0) is 83.8. The number of rotatable bonds is 8. The molecule has 22 aromatic rings. The van der Waals surface area contributed by atoms with Crippen molar-refractivity contribution in [3.05, 3.63) is 434 Å².